The van der Waals surface area contributed by atoms with Crippen LogP contribution in [0.15, 0.2) is 53.7 Å². The van der Waals surface area contributed by atoms with Crippen LogP contribution < -0.4 is 4.74 Å². The van der Waals surface area contributed by atoms with E-state index in [0.717, 1.165) is 28.4 Å². The molecule has 136 valence electrons. The molecule has 1 atom stereocenters. The molecule has 0 amide bonds. The molecule has 0 N–H and O–H groups in total. The topological polar surface area (TPSA) is 34.1 Å². The van der Waals surface area contributed by atoms with Gasteiger partial charge in [-0.1, -0.05) is 41.0 Å². The molecular formula is C21H23ClN2O2. The second-order valence-electron chi connectivity index (χ2n) is 6.97. The monoisotopic (exact) mass is 370 g/mol. The lowest BCUT2D eigenvalue weighted by Gasteiger charge is -2.42. The minimum atomic E-state index is 0.218. The average molecular weight is 371 g/mol. The van der Waals surface area contributed by atoms with Gasteiger partial charge in [-0.25, -0.2) is 0 Å². The molecule has 5 rings (SSSR count). The number of piperidine rings is 3. The SMILES string of the molecule is Clc1ccc(COc2ccccc2/C=N/OC2CN3CCC2CC3)cc1. The first-order chi connectivity index (χ1) is 12.8. The molecule has 5 heteroatoms. The Balaban J connectivity index is 1.36. The molecule has 0 saturated carbocycles. The van der Waals surface area contributed by atoms with Gasteiger partial charge >= 0.3 is 0 Å². The van der Waals surface area contributed by atoms with Crippen molar-refractivity contribution in [1.82, 2.24) is 4.90 Å². The number of benzene rings is 2. The molecule has 0 aromatic heterocycles. The molecule has 2 aromatic rings. The van der Waals surface area contributed by atoms with Crippen molar-refractivity contribution in [2.45, 2.75) is 25.6 Å². The number of fused-ring (bicyclic) bond motifs is 3. The van der Waals surface area contributed by atoms with Crippen molar-refractivity contribution in [1.29, 1.82) is 0 Å². The normalized spacial score (nSPS) is 24.7. The van der Waals surface area contributed by atoms with Gasteiger partial charge in [-0.2, -0.15) is 0 Å². The van der Waals surface area contributed by atoms with Gasteiger partial charge in [-0.05, 0) is 55.8 Å². The maximum Gasteiger partial charge on any atom is 0.143 e. The number of hydrogen-bond donors (Lipinski definition) is 0. The van der Waals surface area contributed by atoms with Crippen LogP contribution in [0.25, 0.3) is 0 Å². The molecule has 0 aliphatic carbocycles. The highest BCUT2D eigenvalue weighted by atomic mass is 35.5. The van der Waals surface area contributed by atoms with Crippen molar-refractivity contribution in [3.8, 4) is 5.75 Å². The second kappa shape index (κ2) is 8.11. The minimum Gasteiger partial charge on any atom is -0.488 e. The largest absolute Gasteiger partial charge is 0.488 e. The van der Waals surface area contributed by atoms with Crippen LogP contribution >= 0.6 is 11.6 Å². The molecule has 3 fully saturated rings. The van der Waals surface area contributed by atoms with E-state index in [1.54, 1.807) is 6.21 Å². The first-order valence-corrected chi connectivity index (χ1v) is 9.53. The van der Waals surface area contributed by atoms with E-state index in [1.165, 1.54) is 25.9 Å². The number of para-hydroxylation sites is 1. The summed E-state index contributed by atoms with van der Waals surface area (Å²) in [6.07, 6.45) is 4.42. The van der Waals surface area contributed by atoms with E-state index in [4.69, 9.17) is 21.2 Å². The fourth-order valence-electron chi connectivity index (χ4n) is 3.66. The Morgan fingerprint density at radius 3 is 2.58 bits per heavy atom. The Labute approximate surface area is 159 Å². The van der Waals surface area contributed by atoms with Crippen molar-refractivity contribution in [3.63, 3.8) is 0 Å². The highest BCUT2D eigenvalue weighted by Gasteiger charge is 2.35. The Bertz CT molecular complexity index is 755. The van der Waals surface area contributed by atoms with Gasteiger partial charge < -0.3 is 9.57 Å². The van der Waals surface area contributed by atoms with Gasteiger partial charge in [-0.15, -0.1) is 0 Å². The smallest absolute Gasteiger partial charge is 0.143 e. The highest BCUT2D eigenvalue weighted by molar-refractivity contribution is 6.30. The van der Waals surface area contributed by atoms with Crippen LogP contribution in [0.5, 0.6) is 5.75 Å². The van der Waals surface area contributed by atoms with E-state index in [-0.39, 0.29) is 6.10 Å². The van der Waals surface area contributed by atoms with Crippen LogP contribution in [-0.2, 0) is 11.4 Å². The van der Waals surface area contributed by atoms with E-state index in [0.29, 0.717) is 12.5 Å². The van der Waals surface area contributed by atoms with Gasteiger partial charge in [0.15, 0.2) is 0 Å². The first kappa shape index (κ1) is 17.4. The summed E-state index contributed by atoms with van der Waals surface area (Å²) in [6.45, 7) is 3.89. The molecule has 3 heterocycles. The summed E-state index contributed by atoms with van der Waals surface area (Å²) in [4.78, 5) is 8.27. The van der Waals surface area contributed by atoms with Crippen molar-refractivity contribution in [2.75, 3.05) is 19.6 Å². The number of oxime groups is 1. The molecule has 3 aliphatic rings. The summed E-state index contributed by atoms with van der Waals surface area (Å²) in [5.74, 6) is 1.44. The van der Waals surface area contributed by atoms with Crippen molar-refractivity contribution < 1.29 is 9.57 Å². The highest BCUT2D eigenvalue weighted by Crippen LogP contribution is 2.29. The van der Waals surface area contributed by atoms with Gasteiger partial charge in [-0.3, -0.25) is 4.90 Å². The van der Waals surface area contributed by atoms with E-state index in [2.05, 4.69) is 10.1 Å². The van der Waals surface area contributed by atoms with Crippen LogP contribution in [0, 0.1) is 5.92 Å². The Morgan fingerprint density at radius 2 is 1.85 bits per heavy atom. The second-order valence-corrected chi connectivity index (χ2v) is 7.41. The third kappa shape index (κ3) is 4.19. The predicted octanol–water partition coefficient (Wildman–Crippen LogP) is 4.36. The summed E-state index contributed by atoms with van der Waals surface area (Å²) >= 11 is 5.92. The fraction of sp³-hybridized carbons (Fsp3) is 0.381. The third-order valence-electron chi connectivity index (χ3n) is 5.21. The summed E-state index contributed by atoms with van der Waals surface area (Å²) in [5.41, 5.74) is 1.99. The molecule has 3 saturated heterocycles. The lowest BCUT2D eigenvalue weighted by atomic mass is 9.86. The van der Waals surface area contributed by atoms with Gasteiger partial charge in [0.25, 0.3) is 0 Å². The molecule has 2 bridgehead atoms. The zero-order valence-electron chi connectivity index (χ0n) is 14.7. The van der Waals surface area contributed by atoms with Crippen LogP contribution in [0.1, 0.15) is 24.0 Å². The molecule has 26 heavy (non-hydrogen) atoms. The molecule has 2 aromatic carbocycles. The summed E-state index contributed by atoms with van der Waals surface area (Å²) < 4.78 is 5.96. The predicted molar refractivity (Wildman–Crippen MR) is 104 cm³/mol. The lowest BCUT2D eigenvalue weighted by molar-refractivity contribution is -0.0675. The quantitative estimate of drug-likeness (QED) is 0.559. The van der Waals surface area contributed by atoms with E-state index in [1.807, 2.05) is 48.5 Å². The minimum absolute atomic E-state index is 0.218. The molecule has 4 nitrogen and oxygen atoms in total. The van der Waals surface area contributed by atoms with E-state index in [9.17, 15) is 0 Å². The van der Waals surface area contributed by atoms with Gasteiger partial charge in [0.1, 0.15) is 18.5 Å². The fourth-order valence-corrected chi connectivity index (χ4v) is 3.78. The van der Waals surface area contributed by atoms with Crippen molar-refractivity contribution >= 4 is 17.8 Å². The van der Waals surface area contributed by atoms with Crippen LogP contribution in [-0.4, -0.2) is 36.9 Å². The Kier molecular flexibility index (Phi) is 5.42. The molecule has 1 unspecified atom stereocenters. The molecule has 0 radical (unpaired) electrons. The maximum atomic E-state index is 5.96. The lowest BCUT2D eigenvalue weighted by Crippen LogP contribution is -2.50. The zero-order chi connectivity index (χ0) is 17.8. The summed E-state index contributed by atoms with van der Waals surface area (Å²) in [6, 6.07) is 15.6. The Morgan fingerprint density at radius 1 is 1.08 bits per heavy atom. The third-order valence-corrected chi connectivity index (χ3v) is 5.46. The van der Waals surface area contributed by atoms with Crippen LogP contribution in [0.3, 0.4) is 0 Å². The number of rotatable bonds is 6. The summed E-state index contributed by atoms with van der Waals surface area (Å²) in [7, 11) is 0. The standard InChI is InChI=1S/C21H23ClN2O2/c22-19-7-5-16(6-8-19)15-25-20-4-2-1-3-18(20)13-23-26-21-14-24-11-9-17(21)10-12-24/h1-8,13,17,21H,9-12,14-15H2/b23-13+. The maximum absolute atomic E-state index is 5.96. The van der Waals surface area contributed by atoms with Crippen molar-refractivity contribution in [2.24, 2.45) is 11.1 Å². The average Bonchev–Trinajstić information content (AvgIpc) is 2.69. The van der Waals surface area contributed by atoms with Crippen LogP contribution in [0.2, 0.25) is 5.02 Å². The van der Waals surface area contributed by atoms with E-state index < -0.39 is 0 Å². The van der Waals surface area contributed by atoms with Crippen LogP contribution in [0.4, 0.5) is 0 Å². The molecular weight excluding hydrogens is 348 g/mol. The molecule has 3 aliphatic heterocycles. The zero-order valence-corrected chi connectivity index (χ0v) is 15.4. The summed E-state index contributed by atoms with van der Waals surface area (Å²) in [5, 5.41) is 4.99. The van der Waals surface area contributed by atoms with Gasteiger partial charge in [0.2, 0.25) is 0 Å². The Hall–Kier alpha value is -2.04. The number of hydrogen-bond acceptors (Lipinski definition) is 4. The van der Waals surface area contributed by atoms with Gasteiger partial charge in [0, 0.05) is 23.0 Å². The first-order valence-electron chi connectivity index (χ1n) is 9.16. The van der Waals surface area contributed by atoms with Gasteiger partial charge in [0.05, 0.1) is 6.21 Å². The molecule has 0 spiro atoms. The number of halogens is 1. The number of nitrogens with zero attached hydrogens (tertiary/aromatic N) is 2. The van der Waals surface area contributed by atoms with E-state index >= 15 is 0 Å². The van der Waals surface area contributed by atoms with Crippen molar-refractivity contribution in [3.05, 3.63) is 64.7 Å². The number of ether oxygens (including phenoxy) is 1.